The van der Waals surface area contributed by atoms with E-state index in [0.717, 1.165) is 19.0 Å². The van der Waals surface area contributed by atoms with E-state index < -0.39 is 0 Å². The highest BCUT2D eigenvalue weighted by Gasteiger charge is 2.25. The van der Waals surface area contributed by atoms with Gasteiger partial charge in [0.1, 0.15) is 0 Å². The van der Waals surface area contributed by atoms with Crippen molar-refractivity contribution < 1.29 is 4.79 Å². The second-order valence-electron chi connectivity index (χ2n) is 5.28. The molecule has 0 spiro atoms. The Morgan fingerprint density at radius 2 is 2.00 bits per heavy atom. The summed E-state index contributed by atoms with van der Waals surface area (Å²) in [6, 6.07) is 0.617. The third-order valence-electron chi connectivity index (χ3n) is 4.08. The monoisotopic (exact) mass is 224 g/mol. The third-order valence-corrected chi connectivity index (χ3v) is 4.08. The normalized spacial score (nSPS) is 30.4. The van der Waals surface area contributed by atoms with Crippen LogP contribution >= 0.6 is 0 Å². The number of hydrogen-bond acceptors (Lipinski definition) is 1. The first-order chi connectivity index (χ1) is 7.79. The van der Waals surface area contributed by atoms with E-state index in [1.165, 1.54) is 44.9 Å². The number of carbonyl (C=O) groups excluding carboxylic acids is 1. The van der Waals surface area contributed by atoms with Crippen molar-refractivity contribution >= 4 is 6.03 Å². The highest BCUT2D eigenvalue weighted by molar-refractivity contribution is 5.74. The van der Waals surface area contributed by atoms with Gasteiger partial charge in [0.05, 0.1) is 0 Å². The van der Waals surface area contributed by atoms with E-state index in [9.17, 15) is 4.79 Å². The quantitative estimate of drug-likeness (QED) is 0.768. The Bertz CT molecular complexity index is 236. The summed E-state index contributed by atoms with van der Waals surface area (Å²) >= 11 is 0. The minimum Gasteiger partial charge on any atom is -0.335 e. The molecule has 1 heterocycles. The van der Waals surface area contributed by atoms with Gasteiger partial charge in [-0.05, 0) is 31.6 Å². The van der Waals surface area contributed by atoms with Crippen LogP contribution in [0.2, 0.25) is 0 Å². The zero-order chi connectivity index (χ0) is 11.4. The van der Waals surface area contributed by atoms with Gasteiger partial charge in [0, 0.05) is 19.1 Å². The van der Waals surface area contributed by atoms with E-state index >= 15 is 0 Å². The molecule has 0 aromatic carbocycles. The van der Waals surface area contributed by atoms with E-state index in [0.29, 0.717) is 6.04 Å². The van der Waals surface area contributed by atoms with Gasteiger partial charge < -0.3 is 10.2 Å². The van der Waals surface area contributed by atoms with E-state index in [1.54, 1.807) is 0 Å². The Labute approximate surface area is 98.6 Å². The number of nitrogens with one attached hydrogen (secondary N) is 1. The number of nitrogens with zero attached hydrogens (tertiary/aromatic N) is 1. The smallest absolute Gasteiger partial charge is 0.317 e. The maximum Gasteiger partial charge on any atom is 0.317 e. The van der Waals surface area contributed by atoms with Gasteiger partial charge in [0.2, 0.25) is 0 Å². The van der Waals surface area contributed by atoms with Crippen molar-refractivity contribution in [2.75, 3.05) is 13.1 Å². The first kappa shape index (κ1) is 11.7. The number of urea groups is 1. The number of carbonyl (C=O) groups is 1. The summed E-state index contributed by atoms with van der Waals surface area (Å²) in [4.78, 5) is 13.9. The van der Waals surface area contributed by atoms with Crippen molar-refractivity contribution in [3.8, 4) is 0 Å². The van der Waals surface area contributed by atoms with Crippen LogP contribution in [-0.2, 0) is 0 Å². The minimum atomic E-state index is 0.180. The predicted octanol–water partition coefficient (Wildman–Crippen LogP) is 2.76. The van der Waals surface area contributed by atoms with E-state index in [2.05, 4.69) is 12.2 Å². The third kappa shape index (κ3) is 2.89. The van der Waals surface area contributed by atoms with Gasteiger partial charge in [-0.25, -0.2) is 4.79 Å². The minimum absolute atomic E-state index is 0.180. The van der Waals surface area contributed by atoms with Gasteiger partial charge in [0.15, 0.2) is 0 Å². The van der Waals surface area contributed by atoms with E-state index in [-0.39, 0.29) is 6.03 Å². The zero-order valence-electron chi connectivity index (χ0n) is 10.4. The van der Waals surface area contributed by atoms with Crippen LogP contribution in [0, 0.1) is 5.92 Å². The molecule has 3 heteroatoms. The van der Waals surface area contributed by atoms with Crippen LogP contribution in [0.1, 0.15) is 51.9 Å². The van der Waals surface area contributed by atoms with Crippen LogP contribution in [-0.4, -0.2) is 30.1 Å². The molecular formula is C13H24N2O. The number of rotatable bonds is 2. The molecule has 3 nitrogen and oxygen atoms in total. The first-order valence-electron chi connectivity index (χ1n) is 6.85. The van der Waals surface area contributed by atoms with Crippen LogP contribution in [0.15, 0.2) is 0 Å². The fourth-order valence-corrected chi connectivity index (χ4v) is 2.98. The Morgan fingerprint density at radius 1 is 1.25 bits per heavy atom. The summed E-state index contributed by atoms with van der Waals surface area (Å²) < 4.78 is 0. The van der Waals surface area contributed by atoms with Crippen molar-refractivity contribution in [2.45, 2.75) is 57.9 Å². The molecule has 2 amide bonds. The summed E-state index contributed by atoms with van der Waals surface area (Å²) in [7, 11) is 0. The maximum atomic E-state index is 11.9. The lowest BCUT2D eigenvalue weighted by Gasteiger charge is -2.30. The summed E-state index contributed by atoms with van der Waals surface area (Å²) in [5.74, 6) is 0.831. The highest BCUT2D eigenvalue weighted by atomic mass is 16.2. The molecule has 0 bridgehead atoms. The van der Waals surface area contributed by atoms with Crippen molar-refractivity contribution in [1.29, 1.82) is 0 Å². The second kappa shape index (κ2) is 5.55. The lowest BCUT2D eigenvalue weighted by molar-refractivity contribution is 0.194. The molecule has 1 N–H and O–H groups in total. The molecule has 2 fully saturated rings. The molecule has 1 saturated carbocycles. The molecule has 2 atom stereocenters. The van der Waals surface area contributed by atoms with Crippen LogP contribution in [0.5, 0.6) is 0 Å². The summed E-state index contributed by atoms with van der Waals surface area (Å²) in [5, 5.41) is 3.21. The van der Waals surface area contributed by atoms with Gasteiger partial charge in [0.25, 0.3) is 0 Å². The average Bonchev–Trinajstić information content (AvgIpc) is 2.83. The van der Waals surface area contributed by atoms with E-state index in [1.807, 2.05) is 4.90 Å². The molecule has 1 aliphatic carbocycles. The molecule has 2 unspecified atom stereocenters. The molecular weight excluding hydrogens is 200 g/mol. The highest BCUT2D eigenvalue weighted by Crippen LogP contribution is 2.26. The zero-order valence-corrected chi connectivity index (χ0v) is 10.4. The Hall–Kier alpha value is -0.730. The molecule has 0 aromatic heterocycles. The lowest BCUT2D eigenvalue weighted by Crippen LogP contribution is -2.45. The van der Waals surface area contributed by atoms with Crippen molar-refractivity contribution in [3.63, 3.8) is 0 Å². The van der Waals surface area contributed by atoms with Gasteiger partial charge in [-0.2, -0.15) is 0 Å². The predicted molar refractivity (Wildman–Crippen MR) is 65.4 cm³/mol. The molecule has 1 aliphatic heterocycles. The van der Waals surface area contributed by atoms with Crippen LogP contribution in [0.4, 0.5) is 4.79 Å². The number of hydrogen-bond donors (Lipinski definition) is 1. The van der Waals surface area contributed by atoms with Gasteiger partial charge in [-0.3, -0.25) is 0 Å². The van der Waals surface area contributed by atoms with Crippen molar-refractivity contribution in [3.05, 3.63) is 0 Å². The average molecular weight is 224 g/mol. The molecule has 16 heavy (non-hydrogen) atoms. The van der Waals surface area contributed by atoms with E-state index in [4.69, 9.17) is 0 Å². The van der Waals surface area contributed by atoms with Gasteiger partial charge >= 0.3 is 6.03 Å². The molecule has 2 aliphatic rings. The largest absolute Gasteiger partial charge is 0.335 e. The van der Waals surface area contributed by atoms with Gasteiger partial charge in [-0.1, -0.05) is 26.2 Å². The summed E-state index contributed by atoms with van der Waals surface area (Å²) in [6.07, 6.45) is 8.61. The topological polar surface area (TPSA) is 32.3 Å². The molecule has 2 rings (SSSR count). The van der Waals surface area contributed by atoms with Gasteiger partial charge in [-0.15, -0.1) is 0 Å². The number of amides is 2. The molecule has 0 radical (unpaired) electrons. The fraction of sp³-hybridized carbons (Fsp3) is 0.923. The Balaban J connectivity index is 1.77. The molecule has 1 saturated heterocycles. The Morgan fingerprint density at radius 3 is 2.69 bits per heavy atom. The molecule has 0 aromatic rings. The van der Waals surface area contributed by atoms with Crippen LogP contribution < -0.4 is 5.32 Å². The molecule has 92 valence electrons. The Kier molecular flexibility index (Phi) is 4.08. The summed E-state index contributed by atoms with van der Waals surface area (Å²) in [5.41, 5.74) is 0. The van der Waals surface area contributed by atoms with Crippen LogP contribution in [0.25, 0.3) is 0 Å². The van der Waals surface area contributed by atoms with Crippen LogP contribution in [0.3, 0.4) is 0 Å². The first-order valence-corrected chi connectivity index (χ1v) is 6.85. The second-order valence-corrected chi connectivity index (χ2v) is 5.28. The standard InChI is InChI=1S/C13H24N2O/c1-2-11-6-5-7-12(10-11)14-13(16)15-8-3-4-9-15/h11-12H,2-10H2,1H3,(H,14,16). The lowest BCUT2D eigenvalue weighted by atomic mass is 9.84. The SMILES string of the molecule is CCC1CCCC(NC(=O)N2CCCC2)C1. The van der Waals surface area contributed by atoms with Crippen molar-refractivity contribution in [2.24, 2.45) is 5.92 Å². The number of likely N-dealkylation sites (tertiary alicyclic amines) is 1. The van der Waals surface area contributed by atoms with Crippen molar-refractivity contribution in [1.82, 2.24) is 10.2 Å². The summed E-state index contributed by atoms with van der Waals surface area (Å²) in [6.45, 7) is 4.17. The maximum absolute atomic E-state index is 11.9. The fourth-order valence-electron chi connectivity index (χ4n) is 2.98.